The molecule has 0 radical (unpaired) electrons. The molecular weight excluding hydrogens is 355 g/mol. The van der Waals surface area contributed by atoms with Gasteiger partial charge in [0.1, 0.15) is 5.75 Å². The molecule has 3 aromatic carbocycles. The molecule has 1 amide bonds. The van der Waals surface area contributed by atoms with Gasteiger partial charge in [-0.25, -0.2) is 0 Å². The molecule has 3 aromatic rings. The summed E-state index contributed by atoms with van der Waals surface area (Å²) in [6.07, 6.45) is -4.75. The van der Waals surface area contributed by atoms with Crippen molar-refractivity contribution in [1.29, 1.82) is 0 Å². The number of nitrogens with one attached hydrogen (secondary N) is 1. The Hall–Kier alpha value is -3.28. The number of carbonyl (C=O) groups is 1. The predicted molar refractivity (Wildman–Crippen MR) is 96.5 cm³/mol. The van der Waals surface area contributed by atoms with Crippen LogP contribution in [0.5, 0.6) is 5.75 Å². The fourth-order valence-corrected chi connectivity index (χ4v) is 2.74. The third-order valence-electron chi connectivity index (χ3n) is 3.88. The van der Waals surface area contributed by atoms with Crippen LogP contribution in [-0.4, -0.2) is 12.3 Å². The molecule has 6 heteroatoms. The van der Waals surface area contributed by atoms with Crippen molar-refractivity contribution < 1.29 is 22.7 Å². The van der Waals surface area contributed by atoms with Crippen molar-refractivity contribution >= 4 is 11.6 Å². The van der Waals surface area contributed by atoms with Gasteiger partial charge in [-0.05, 0) is 35.4 Å². The lowest BCUT2D eigenvalue weighted by Gasteiger charge is -2.18. The van der Waals surface area contributed by atoms with E-state index in [1.165, 1.54) is 12.1 Å². The van der Waals surface area contributed by atoms with Crippen LogP contribution in [0, 0.1) is 0 Å². The maximum atomic E-state index is 12.9. The quantitative estimate of drug-likeness (QED) is 0.656. The first-order valence-corrected chi connectivity index (χ1v) is 8.19. The zero-order chi connectivity index (χ0) is 19.3. The summed E-state index contributed by atoms with van der Waals surface area (Å²) >= 11 is 0. The van der Waals surface area contributed by atoms with Gasteiger partial charge in [-0.3, -0.25) is 4.79 Å². The van der Waals surface area contributed by atoms with E-state index in [4.69, 9.17) is 0 Å². The molecule has 0 heterocycles. The van der Waals surface area contributed by atoms with Crippen molar-refractivity contribution in [3.8, 4) is 5.75 Å². The molecule has 0 saturated carbocycles. The third-order valence-corrected chi connectivity index (χ3v) is 3.88. The minimum absolute atomic E-state index is 0.281. The highest BCUT2D eigenvalue weighted by Crippen LogP contribution is 2.28. The molecule has 3 rings (SSSR count). The number of alkyl halides is 3. The Morgan fingerprint density at radius 2 is 1.26 bits per heavy atom. The van der Waals surface area contributed by atoms with Gasteiger partial charge in [-0.2, -0.15) is 0 Å². The van der Waals surface area contributed by atoms with Crippen molar-refractivity contribution in [2.75, 3.05) is 5.32 Å². The van der Waals surface area contributed by atoms with E-state index in [0.717, 1.165) is 23.3 Å². The van der Waals surface area contributed by atoms with Gasteiger partial charge in [0.2, 0.25) is 5.91 Å². The van der Waals surface area contributed by atoms with Gasteiger partial charge < -0.3 is 10.1 Å². The number of amides is 1. The summed E-state index contributed by atoms with van der Waals surface area (Å²) in [5.41, 5.74) is 2.02. The molecule has 0 aliphatic carbocycles. The number of ether oxygens (including phenoxy) is 1. The van der Waals surface area contributed by atoms with Gasteiger partial charge in [-0.1, -0.05) is 60.7 Å². The number of hydrogen-bond donors (Lipinski definition) is 1. The SMILES string of the molecule is O=C(Nc1ccc(OC(F)(F)F)cc1)C(c1ccccc1)c1ccccc1. The molecular formula is C21H16F3NO2. The Labute approximate surface area is 154 Å². The van der Waals surface area contributed by atoms with E-state index in [-0.39, 0.29) is 11.7 Å². The third kappa shape index (κ3) is 5.10. The van der Waals surface area contributed by atoms with Crippen LogP contribution in [0.25, 0.3) is 0 Å². The molecule has 0 unspecified atom stereocenters. The van der Waals surface area contributed by atoms with E-state index in [2.05, 4.69) is 10.1 Å². The fourth-order valence-electron chi connectivity index (χ4n) is 2.74. The minimum Gasteiger partial charge on any atom is -0.406 e. The van der Waals surface area contributed by atoms with Crippen LogP contribution >= 0.6 is 0 Å². The number of halogens is 3. The second-order valence-electron chi connectivity index (χ2n) is 5.82. The fraction of sp³-hybridized carbons (Fsp3) is 0.0952. The molecule has 0 bridgehead atoms. The zero-order valence-electron chi connectivity index (χ0n) is 14.1. The van der Waals surface area contributed by atoms with Crippen LogP contribution in [0.4, 0.5) is 18.9 Å². The molecule has 0 spiro atoms. The maximum Gasteiger partial charge on any atom is 0.573 e. The Morgan fingerprint density at radius 3 is 1.70 bits per heavy atom. The summed E-state index contributed by atoms with van der Waals surface area (Å²) in [4.78, 5) is 12.9. The average Bonchev–Trinajstić information content (AvgIpc) is 2.64. The van der Waals surface area contributed by atoms with Gasteiger partial charge in [0.05, 0.1) is 5.92 Å². The average molecular weight is 371 g/mol. The van der Waals surface area contributed by atoms with Crippen LogP contribution in [-0.2, 0) is 4.79 Å². The molecule has 27 heavy (non-hydrogen) atoms. The number of benzene rings is 3. The second-order valence-corrected chi connectivity index (χ2v) is 5.82. The summed E-state index contributed by atoms with van der Waals surface area (Å²) in [5, 5.41) is 2.75. The molecule has 0 aliphatic rings. The van der Waals surface area contributed by atoms with Gasteiger partial charge in [0.25, 0.3) is 0 Å². The summed E-state index contributed by atoms with van der Waals surface area (Å²) in [6.45, 7) is 0. The highest BCUT2D eigenvalue weighted by molar-refractivity contribution is 5.98. The van der Waals surface area contributed by atoms with Crippen molar-refractivity contribution in [3.05, 3.63) is 96.1 Å². The molecule has 0 saturated heterocycles. The van der Waals surface area contributed by atoms with Crippen molar-refractivity contribution in [2.45, 2.75) is 12.3 Å². The number of hydrogen-bond acceptors (Lipinski definition) is 2. The summed E-state index contributed by atoms with van der Waals surface area (Å²) in [6, 6.07) is 23.6. The first-order chi connectivity index (χ1) is 12.9. The lowest BCUT2D eigenvalue weighted by atomic mass is 9.90. The Bertz CT molecular complexity index is 839. The molecule has 0 aromatic heterocycles. The summed E-state index contributed by atoms with van der Waals surface area (Å²) < 4.78 is 40.6. The van der Waals surface area contributed by atoms with Crippen LogP contribution in [0.1, 0.15) is 17.0 Å². The predicted octanol–water partition coefficient (Wildman–Crippen LogP) is 5.36. The molecule has 0 fully saturated rings. The van der Waals surface area contributed by atoms with Crippen molar-refractivity contribution in [1.82, 2.24) is 0 Å². The highest BCUT2D eigenvalue weighted by atomic mass is 19.4. The van der Waals surface area contributed by atoms with Crippen molar-refractivity contribution in [3.63, 3.8) is 0 Å². The van der Waals surface area contributed by atoms with Gasteiger partial charge >= 0.3 is 6.36 Å². The smallest absolute Gasteiger partial charge is 0.406 e. The second kappa shape index (κ2) is 7.95. The summed E-state index contributed by atoms with van der Waals surface area (Å²) in [7, 11) is 0. The van der Waals surface area contributed by atoms with Crippen LogP contribution in [0.3, 0.4) is 0 Å². The number of anilines is 1. The molecule has 0 aliphatic heterocycles. The number of rotatable bonds is 5. The van der Waals surface area contributed by atoms with Crippen LogP contribution < -0.4 is 10.1 Å². The van der Waals surface area contributed by atoms with Gasteiger partial charge in [0, 0.05) is 5.69 Å². The van der Waals surface area contributed by atoms with E-state index in [1.807, 2.05) is 60.7 Å². The van der Waals surface area contributed by atoms with Crippen LogP contribution in [0.15, 0.2) is 84.9 Å². The van der Waals surface area contributed by atoms with Gasteiger partial charge in [-0.15, -0.1) is 13.2 Å². The lowest BCUT2D eigenvalue weighted by molar-refractivity contribution is -0.274. The highest BCUT2D eigenvalue weighted by Gasteiger charge is 2.31. The first-order valence-electron chi connectivity index (χ1n) is 8.19. The van der Waals surface area contributed by atoms with E-state index < -0.39 is 12.3 Å². The number of carbonyl (C=O) groups excluding carboxylic acids is 1. The molecule has 138 valence electrons. The van der Waals surface area contributed by atoms with Crippen molar-refractivity contribution in [2.24, 2.45) is 0 Å². The Morgan fingerprint density at radius 1 is 0.778 bits per heavy atom. The lowest BCUT2D eigenvalue weighted by Crippen LogP contribution is -2.22. The van der Waals surface area contributed by atoms with E-state index >= 15 is 0 Å². The van der Waals surface area contributed by atoms with Gasteiger partial charge in [0.15, 0.2) is 0 Å². The van der Waals surface area contributed by atoms with E-state index in [9.17, 15) is 18.0 Å². The molecule has 3 nitrogen and oxygen atoms in total. The minimum atomic E-state index is -4.75. The summed E-state index contributed by atoms with van der Waals surface area (Å²) in [5.74, 6) is -1.17. The normalized spacial score (nSPS) is 11.3. The molecule has 0 atom stereocenters. The topological polar surface area (TPSA) is 38.3 Å². The van der Waals surface area contributed by atoms with E-state index in [0.29, 0.717) is 5.69 Å². The van der Waals surface area contributed by atoms with Crippen LogP contribution in [0.2, 0.25) is 0 Å². The Kier molecular flexibility index (Phi) is 5.45. The standard InChI is InChI=1S/C21H16F3NO2/c22-21(23,24)27-18-13-11-17(12-14-18)25-20(26)19(15-7-3-1-4-8-15)16-9-5-2-6-10-16/h1-14,19H,(H,25,26). The van der Waals surface area contributed by atoms with E-state index in [1.54, 1.807) is 0 Å². The molecule has 1 N–H and O–H groups in total. The largest absolute Gasteiger partial charge is 0.573 e. The monoisotopic (exact) mass is 371 g/mol. The zero-order valence-corrected chi connectivity index (χ0v) is 14.1. The Balaban J connectivity index is 1.81. The maximum absolute atomic E-state index is 12.9. The first kappa shape index (κ1) is 18.5.